The number of carboxylic acids is 1. The monoisotopic (exact) mass is 337 g/mol. The van der Waals surface area contributed by atoms with Crippen LogP contribution in [0, 0.1) is 23.3 Å². The maximum Gasteiger partial charge on any atom is 0.341 e. The third-order valence-corrected chi connectivity index (χ3v) is 3.45. The molecule has 0 atom stereocenters. The highest BCUT2D eigenvalue weighted by Gasteiger charge is 2.19. The molecule has 0 aliphatic rings. The number of carbonyl (C=O) groups is 1. The van der Waals surface area contributed by atoms with Gasteiger partial charge in [0.05, 0.1) is 16.6 Å². The first-order valence-corrected chi connectivity index (χ1v) is 6.52. The number of nitrogens with zero attached hydrogens (tertiary/aromatic N) is 1. The van der Waals surface area contributed by atoms with Gasteiger partial charge in [0, 0.05) is 18.3 Å². The Morgan fingerprint density at radius 3 is 2.25 bits per heavy atom. The molecule has 122 valence electrons. The summed E-state index contributed by atoms with van der Waals surface area (Å²) in [6.07, 6.45) is 0.778. The van der Waals surface area contributed by atoms with Crippen molar-refractivity contribution in [2.75, 3.05) is 0 Å². The molecule has 0 aliphatic heterocycles. The Kier molecular flexibility index (Phi) is 3.59. The number of rotatable bonds is 2. The van der Waals surface area contributed by atoms with Crippen LogP contribution in [0.2, 0.25) is 0 Å². The van der Waals surface area contributed by atoms with Crippen LogP contribution in [0.3, 0.4) is 0 Å². The molecule has 0 bridgehead atoms. The normalized spacial score (nSPS) is 11.0. The molecule has 0 amide bonds. The maximum absolute atomic E-state index is 14.0. The molecule has 0 aliphatic carbocycles. The van der Waals surface area contributed by atoms with Crippen LogP contribution in [0.1, 0.15) is 10.4 Å². The van der Waals surface area contributed by atoms with Crippen molar-refractivity contribution in [3.63, 3.8) is 0 Å². The van der Waals surface area contributed by atoms with Crippen molar-refractivity contribution >= 4 is 16.9 Å². The summed E-state index contributed by atoms with van der Waals surface area (Å²) in [5.41, 5.74) is -2.39. The van der Waals surface area contributed by atoms with Gasteiger partial charge in [0.25, 0.3) is 0 Å². The highest BCUT2D eigenvalue weighted by molar-refractivity contribution is 5.93. The smallest absolute Gasteiger partial charge is 0.341 e. The summed E-state index contributed by atoms with van der Waals surface area (Å²) < 4.78 is 54.9. The minimum atomic E-state index is -1.62. The topological polar surface area (TPSA) is 59.3 Å². The van der Waals surface area contributed by atoms with Crippen LogP contribution in [0.15, 0.2) is 41.3 Å². The fourth-order valence-electron chi connectivity index (χ4n) is 2.35. The second-order valence-corrected chi connectivity index (χ2v) is 4.93. The van der Waals surface area contributed by atoms with Crippen LogP contribution in [0.25, 0.3) is 16.6 Å². The van der Waals surface area contributed by atoms with Crippen LogP contribution >= 0.6 is 0 Å². The summed E-state index contributed by atoms with van der Waals surface area (Å²) in [6.45, 7) is 0. The SMILES string of the molecule is O=C(O)c1cn(-c2ccc(F)cc2F)c2cc(F)c(F)cc2c1=O. The summed E-state index contributed by atoms with van der Waals surface area (Å²) in [5.74, 6) is -6.23. The molecule has 0 saturated carbocycles. The van der Waals surface area contributed by atoms with E-state index in [4.69, 9.17) is 5.11 Å². The van der Waals surface area contributed by atoms with Gasteiger partial charge in [-0.05, 0) is 18.2 Å². The Hall–Kier alpha value is -3.16. The van der Waals surface area contributed by atoms with Gasteiger partial charge in [0.1, 0.15) is 17.2 Å². The zero-order chi connectivity index (χ0) is 17.6. The van der Waals surface area contributed by atoms with Gasteiger partial charge < -0.3 is 9.67 Å². The molecular weight excluding hydrogens is 330 g/mol. The van der Waals surface area contributed by atoms with Crippen molar-refractivity contribution < 1.29 is 27.5 Å². The van der Waals surface area contributed by atoms with E-state index in [9.17, 15) is 27.2 Å². The van der Waals surface area contributed by atoms with E-state index in [1.165, 1.54) is 0 Å². The molecule has 1 N–H and O–H groups in total. The molecular formula is C16H7F4NO3. The number of hydrogen-bond acceptors (Lipinski definition) is 2. The fraction of sp³-hybridized carbons (Fsp3) is 0. The van der Waals surface area contributed by atoms with Gasteiger partial charge in [-0.3, -0.25) is 4.79 Å². The van der Waals surface area contributed by atoms with Gasteiger partial charge >= 0.3 is 5.97 Å². The number of halogens is 4. The molecule has 1 aromatic heterocycles. The summed E-state index contributed by atoms with van der Waals surface area (Å²) in [4.78, 5) is 23.3. The minimum absolute atomic E-state index is 0.255. The molecule has 4 nitrogen and oxygen atoms in total. The standard InChI is InChI=1S/C16H7F4NO3/c17-7-1-2-13(12(20)3-7)21-6-9(16(23)24)15(22)8-4-10(18)11(19)5-14(8)21/h1-6H,(H,23,24). The predicted molar refractivity (Wildman–Crippen MR) is 76.3 cm³/mol. The van der Waals surface area contributed by atoms with E-state index < -0.39 is 45.6 Å². The van der Waals surface area contributed by atoms with E-state index in [0.29, 0.717) is 18.2 Å². The lowest BCUT2D eigenvalue weighted by molar-refractivity contribution is 0.0695. The lowest BCUT2D eigenvalue weighted by atomic mass is 10.1. The third kappa shape index (κ3) is 2.41. The summed E-state index contributed by atoms with van der Waals surface area (Å²) >= 11 is 0. The van der Waals surface area contributed by atoms with Crippen molar-refractivity contribution in [2.45, 2.75) is 0 Å². The van der Waals surface area contributed by atoms with Crippen LogP contribution in [-0.2, 0) is 0 Å². The lowest BCUT2D eigenvalue weighted by Gasteiger charge is -2.13. The lowest BCUT2D eigenvalue weighted by Crippen LogP contribution is -2.19. The summed E-state index contributed by atoms with van der Waals surface area (Å²) in [7, 11) is 0. The Morgan fingerprint density at radius 2 is 1.62 bits per heavy atom. The molecule has 3 aromatic rings. The molecule has 3 rings (SSSR count). The first kappa shape index (κ1) is 15.7. The predicted octanol–water partition coefficient (Wildman–Crippen LogP) is 3.25. The van der Waals surface area contributed by atoms with Crippen LogP contribution in [0.5, 0.6) is 0 Å². The molecule has 0 saturated heterocycles. The van der Waals surface area contributed by atoms with Gasteiger partial charge in [-0.15, -0.1) is 0 Å². The molecule has 1 heterocycles. The number of aromatic carboxylic acids is 1. The number of pyridine rings is 1. The largest absolute Gasteiger partial charge is 0.477 e. The third-order valence-electron chi connectivity index (χ3n) is 3.45. The molecule has 0 radical (unpaired) electrons. The fourth-order valence-corrected chi connectivity index (χ4v) is 2.35. The van der Waals surface area contributed by atoms with Crippen molar-refractivity contribution in [1.29, 1.82) is 0 Å². The Labute approximate surface area is 131 Å². The average molecular weight is 337 g/mol. The zero-order valence-electron chi connectivity index (χ0n) is 11.7. The number of carboxylic acid groups (broad SMARTS) is 1. The first-order chi connectivity index (χ1) is 11.3. The second kappa shape index (κ2) is 5.48. The number of fused-ring (bicyclic) bond motifs is 1. The van der Waals surface area contributed by atoms with Gasteiger partial charge in [0.15, 0.2) is 11.6 Å². The Morgan fingerprint density at radius 1 is 0.958 bits per heavy atom. The van der Waals surface area contributed by atoms with E-state index in [1.807, 2.05) is 0 Å². The highest BCUT2D eigenvalue weighted by Crippen LogP contribution is 2.23. The van der Waals surface area contributed by atoms with E-state index in [1.54, 1.807) is 0 Å². The number of hydrogen-bond donors (Lipinski definition) is 1. The molecule has 24 heavy (non-hydrogen) atoms. The van der Waals surface area contributed by atoms with Crippen molar-refractivity contribution in [2.24, 2.45) is 0 Å². The van der Waals surface area contributed by atoms with Gasteiger partial charge in [-0.1, -0.05) is 0 Å². The Balaban J connectivity index is 2.50. The first-order valence-electron chi connectivity index (χ1n) is 6.52. The molecule has 0 spiro atoms. The molecule has 8 heteroatoms. The van der Waals surface area contributed by atoms with Crippen molar-refractivity contribution in [3.05, 3.63) is 75.6 Å². The summed E-state index contributed by atoms with van der Waals surface area (Å²) in [5, 5.41) is 8.65. The highest BCUT2D eigenvalue weighted by atomic mass is 19.2. The molecule has 0 fully saturated rings. The zero-order valence-corrected chi connectivity index (χ0v) is 11.7. The van der Waals surface area contributed by atoms with Crippen LogP contribution in [0.4, 0.5) is 17.6 Å². The van der Waals surface area contributed by atoms with E-state index >= 15 is 0 Å². The van der Waals surface area contributed by atoms with Crippen molar-refractivity contribution in [1.82, 2.24) is 4.57 Å². The van der Waals surface area contributed by atoms with Gasteiger partial charge in [0.2, 0.25) is 5.43 Å². The Bertz CT molecular complexity index is 1060. The summed E-state index contributed by atoms with van der Waals surface area (Å²) in [6, 6.07) is 3.61. The van der Waals surface area contributed by atoms with Crippen LogP contribution < -0.4 is 5.43 Å². The van der Waals surface area contributed by atoms with E-state index in [2.05, 4.69) is 0 Å². The van der Waals surface area contributed by atoms with E-state index in [-0.39, 0.29) is 11.2 Å². The van der Waals surface area contributed by atoms with Gasteiger partial charge in [-0.25, -0.2) is 22.4 Å². The van der Waals surface area contributed by atoms with E-state index in [0.717, 1.165) is 22.9 Å². The minimum Gasteiger partial charge on any atom is -0.477 e. The second-order valence-electron chi connectivity index (χ2n) is 4.93. The molecule has 2 aromatic carbocycles. The van der Waals surface area contributed by atoms with Crippen molar-refractivity contribution in [3.8, 4) is 5.69 Å². The average Bonchev–Trinajstić information content (AvgIpc) is 2.50. The van der Waals surface area contributed by atoms with Crippen LogP contribution in [-0.4, -0.2) is 15.6 Å². The maximum atomic E-state index is 14.0. The molecule has 0 unspecified atom stereocenters. The number of aromatic nitrogens is 1. The number of benzene rings is 2. The quantitative estimate of drug-likeness (QED) is 0.731. The van der Waals surface area contributed by atoms with Gasteiger partial charge in [-0.2, -0.15) is 0 Å².